The van der Waals surface area contributed by atoms with E-state index in [2.05, 4.69) is 10.6 Å². The van der Waals surface area contributed by atoms with Crippen LogP contribution >= 0.6 is 0 Å². The number of hydrogen-bond acceptors (Lipinski definition) is 4. The number of carbonyl (C=O) groups is 3. The Labute approximate surface area is 205 Å². The summed E-state index contributed by atoms with van der Waals surface area (Å²) in [5.74, 6) is -0.511. The number of para-hydroxylation sites is 2. The standard InChI is InChI=1S/C28H29N3O4/c1-4-35-22-14-12-21(13-15-22)31-17-20(16-25(31)32)27(33)29-24-11-6-5-10-23(24)28(34)30-26-18(2)8-7-9-19(26)3/h5-15,20H,4,16-17H2,1-3H3,(H,29,33)(H,30,34). The number of nitrogens with one attached hydrogen (secondary N) is 2. The van der Waals surface area contributed by atoms with Crippen LogP contribution in [0.2, 0.25) is 0 Å². The van der Waals surface area contributed by atoms with Gasteiger partial charge >= 0.3 is 0 Å². The van der Waals surface area contributed by atoms with Crippen molar-refractivity contribution in [2.75, 3.05) is 28.7 Å². The zero-order valence-electron chi connectivity index (χ0n) is 20.1. The van der Waals surface area contributed by atoms with Crippen molar-refractivity contribution in [3.8, 4) is 5.75 Å². The molecule has 0 bridgehead atoms. The first kappa shape index (κ1) is 24.0. The van der Waals surface area contributed by atoms with Gasteiger partial charge in [-0.3, -0.25) is 14.4 Å². The highest BCUT2D eigenvalue weighted by molar-refractivity contribution is 6.11. The summed E-state index contributed by atoms with van der Waals surface area (Å²) in [6.07, 6.45) is 0.107. The summed E-state index contributed by atoms with van der Waals surface area (Å²) in [6, 6.07) is 19.9. The number of carbonyl (C=O) groups excluding carboxylic acids is 3. The van der Waals surface area contributed by atoms with E-state index in [4.69, 9.17) is 4.74 Å². The normalized spacial score (nSPS) is 15.1. The van der Waals surface area contributed by atoms with Gasteiger partial charge < -0.3 is 20.3 Å². The van der Waals surface area contributed by atoms with Crippen molar-refractivity contribution in [1.82, 2.24) is 0 Å². The first-order valence-electron chi connectivity index (χ1n) is 11.7. The van der Waals surface area contributed by atoms with Gasteiger partial charge in [0, 0.05) is 24.3 Å². The lowest BCUT2D eigenvalue weighted by Crippen LogP contribution is -2.28. The topological polar surface area (TPSA) is 87.7 Å². The van der Waals surface area contributed by atoms with Gasteiger partial charge in [0.2, 0.25) is 11.8 Å². The van der Waals surface area contributed by atoms with Crippen molar-refractivity contribution in [2.45, 2.75) is 27.2 Å². The molecule has 4 rings (SSSR count). The zero-order valence-corrected chi connectivity index (χ0v) is 20.1. The summed E-state index contributed by atoms with van der Waals surface area (Å²) in [5.41, 5.74) is 4.16. The third-order valence-corrected chi connectivity index (χ3v) is 6.10. The van der Waals surface area contributed by atoms with E-state index in [-0.39, 0.29) is 30.7 Å². The average molecular weight is 472 g/mol. The molecule has 1 unspecified atom stereocenters. The number of rotatable bonds is 7. The third-order valence-electron chi connectivity index (χ3n) is 6.10. The molecule has 0 saturated carbocycles. The van der Waals surface area contributed by atoms with E-state index in [1.54, 1.807) is 29.2 Å². The van der Waals surface area contributed by atoms with Gasteiger partial charge in [-0.15, -0.1) is 0 Å². The number of anilines is 3. The van der Waals surface area contributed by atoms with Crippen molar-refractivity contribution in [3.05, 3.63) is 83.4 Å². The molecule has 3 amide bonds. The highest BCUT2D eigenvalue weighted by Gasteiger charge is 2.35. The summed E-state index contributed by atoms with van der Waals surface area (Å²) in [6.45, 7) is 6.61. The van der Waals surface area contributed by atoms with Crippen LogP contribution < -0.4 is 20.3 Å². The van der Waals surface area contributed by atoms with Gasteiger partial charge in [0.1, 0.15) is 5.75 Å². The van der Waals surface area contributed by atoms with E-state index in [9.17, 15) is 14.4 Å². The summed E-state index contributed by atoms with van der Waals surface area (Å²) >= 11 is 0. The van der Waals surface area contributed by atoms with Crippen LogP contribution in [0, 0.1) is 19.8 Å². The van der Waals surface area contributed by atoms with Gasteiger partial charge in [0.25, 0.3) is 5.91 Å². The van der Waals surface area contributed by atoms with Crippen LogP contribution in [0.25, 0.3) is 0 Å². The Kier molecular flexibility index (Phi) is 7.15. The molecule has 3 aromatic rings. The molecule has 7 heteroatoms. The molecule has 1 saturated heterocycles. The zero-order chi connectivity index (χ0) is 24.9. The van der Waals surface area contributed by atoms with Crippen LogP contribution in [0.15, 0.2) is 66.7 Å². The van der Waals surface area contributed by atoms with Crippen LogP contribution in [0.4, 0.5) is 17.1 Å². The number of nitrogens with zero attached hydrogens (tertiary/aromatic N) is 1. The second-order valence-corrected chi connectivity index (χ2v) is 8.59. The number of benzene rings is 3. The molecule has 1 aliphatic rings. The lowest BCUT2D eigenvalue weighted by Gasteiger charge is -2.18. The molecule has 2 N–H and O–H groups in total. The molecule has 1 heterocycles. The maximum absolute atomic E-state index is 13.1. The highest BCUT2D eigenvalue weighted by atomic mass is 16.5. The Morgan fingerprint density at radius 2 is 1.63 bits per heavy atom. The molecule has 0 radical (unpaired) electrons. The number of amides is 3. The molecule has 1 fully saturated rings. The SMILES string of the molecule is CCOc1ccc(N2CC(C(=O)Nc3ccccc3C(=O)Nc3c(C)cccc3C)CC2=O)cc1. The fourth-order valence-corrected chi connectivity index (χ4v) is 4.24. The van der Waals surface area contributed by atoms with Gasteiger partial charge in [0.05, 0.1) is 23.8 Å². The highest BCUT2D eigenvalue weighted by Crippen LogP contribution is 2.28. The Morgan fingerprint density at radius 3 is 2.31 bits per heavy atom. The van der Waals surface area contributed by atoms with E-state index < -0.39 is 5.92 Å². The fourth-order valence-electron chi connectivity index (χ4n) is 4.24. The minimum Gasteiger partial charge on any atom is -0.494 e. The quantitative estimate of drug-likeness (QED) is 0.511. The number of hydrogen-bond donors (Lipinski definition) is 2. The Bertz CT molecular complexity index is 1230. The van der Waals surface area contributed by atoms with Gasteiger partial charge in [0.15, 0.2) is 0 Å². The van der Waals surface area contributed by atoms with Crippen LogP contribution in [0.3, 0.4) is 0 Å². The second kappa shape index (κ2) is 10.4. The summed E-state index contributed by atoms with van der Waals surface area (Å²) in [5, 5.41) is 5.83. The molecule has 1 atom stereocenters. The minimum absolute atomic E-state index is 0.107. The number of aryl methyl sites for hydroxylation is 2. The second-order valence-electron chi connectivity index (χ2n) is 8.59. The fraction of sp³-hybridized carbons (Fsp3) is 0.250. The maximum atomic E-state index is 13.1. The van der Waals surface area contributed by atoms with Gasteiger partial charge in [-0.05, 0) is 68.3 Å². The van der Waals surface area contributed by atoms with E-state index in [0.717, 1.165) is 28.3 Å². The summed E-state index contributed by atoms with van der Waals surface area (Å²) < 4.78 is 5.46. The van der Waals surface area contributed by atoms with Gasteiger partial charge in [-0.2, -0.15) is 0 Å². The summed E-state index contributed by atoms with van der Waals surface area (Å²) in [4.78, 5) is 40.4. The lowest BCUT2D eigenvalue weighted by molar-refractivity contribution is -0.122. The predicted molar refractivity (Wildman–Crippen MR) is 137 cm³/mol. The van der Waals surface area contributed by atoms with E-state index in [0.29, 0.717) is 17.9 Å². The molecule has 7 nitrogen and oxygen atoms in total. The summed E-state index contributed by atoms with van der Waals surface area (Å²) in [7, 11) is 0. The van der Waals surface area contributed by atoms with Gasteiger partial charge in [-0.25, -0.2) is 0 Å². The van der Waals surface area contributed by atoms with Crippen molar-refractivity contribution in [2.24, 2.45) is 5.92 Å². The van der Waals surface area contributed by atoms with E-state index in [1.165, 1.54) is 0 Å². The first-order chi connectivity index (χ1) is 16.9. The molecule has 0 aliphatic carbocycles. The lowest BCUT2D eigenvalue weighted by atomic mass is 10.1. The Balaban J connectivity index is 1.46. The van der Waals surface area contributed by atoms with Crippen molar-refractivity contribution >= 4 is 34.8 Å². The number of ether oxygens (including phenoxy) is 1. The molecule has 35 heavy (non-hydrogen) atoms. The van der Waals surface area contributed by atoms with Crippen molar-refractivity contribution in [3.63, 3.8) is 0 Å². The van der Waals surface area contributed by atoms with Crippen LogP contribution in [0.1, 0.15) is 34.8 Å². The van der Waals surface area contributed by atoms with Crippen LogP contribution in [-0.4, -0.2) is 30.9 Å². The molecule has 1 aliphatic heterocycles. The Morgan fingerprint density at radius 1 is 0.943 bits per heavy atom. The van der Waals surface area contributed by atoms with Gasteiger partial charge in [-0.1, -0.05) is 30.3 Å². The largest absolute Gasteiger partial charge is 0.494 e. The van der Waals surface area contributed by atoms with Crippen LogP contribution in [0.5, 0.6) is 5.75 Å². The molecule has 0 spiro atoms. The predicted octanol–water partition coefficient (Wildman–Crippen LogP) is 4.95. The molecular weight excluding hydrogens is 442 g/mol. The third kappa shape index (κ3) is 5.35. The molecule has 180 valence electrons. The minimum atomic E-state index is -0.524. The molecule has 0 aromatic heterocycles. The smallest absolute Gasteiger partial charge is 0.257 e. The van der Waals surface area contributed by atoms with Crippen LogP contribution in [-0.2, 0) is 9.59 Å². The molecular formula is C28H29N3O4. The Hall–Kier alpha value is -4.13. The van der Waals surface area contributed by atoms with Crippen molar-refractivity contribution in [1.29, 1.82) is 0 Å². The van der Waals surface area contributed by atoms with E-state index >= 15 is 0 Å². The molecule has 3 aromatic carbocycles. The van der Waals surface area contributed by atoms with E-state index in [1.807, 2.05) is 63.2 Å². The van der Waals surface area contributed by atoms with Crippen molar-refractivity contribution < 1.29 is 19.1 Å². The average Bonchev–Trinajstić information content (AvgIpc) is 3.24. The maximum Gasteiger partial charge on any atom is 0.257 e. The first-order valence-corrected chi connectivity index (χ1v) is 11.7. The monoisotopic (exact) mass is 471 g/mol.